The predicted molar refractivity (Wildman–Crippen MR) is 113 cm³/mol. The van der Waals surface area contributed by atoms with E-state index in [1.807, 2.05) is 37.3 Å². The van der Waals surface area contributed by atoms with Gasteiger partial charge in [-0.15, -0.1) is 0 Å². The highest BCUT2D eigenvalue weighted by Crippen LogP contribution is 2.17. The number of benzene rings is 2. The number of nitrogens with zero attached hydrogens (tertiary/aromatic N) is 1. The minimum atomic E-state index is -0.359. The number of hydrazine groups is 1. The van der Waals surface area contributed by atoms with Crippen molar-refractivity contribution in [2.24, 2.45) is 0 Å². The first-order valence-corrected chi connectivity index (χ1v) is 9.75. The van der Waals surface area contributed by atoms with E-state index in [1.165, 1.54) is 0 Å². The van der Waals surface area contributed by atoms with Gasteiger partial charge < -0.3 is 10.2 Å². The molecule has 28 heavy (non-hydrogen) atoms. The zero-order valence-electron chi connectivity index (χ0n) is 16.5. The molecule has 2 aromatic rings. The normalized spacial score (nSPS) is 11.6. The van der Waals surface area contributed by atoms with E-state index in [2.05, 4.69) is 34.9 Å². The molecule has 7 heteroatoms. The number of halogens is 1. The molecule has 6 nitrogen and oxygen atoms in total. The second kappa shape index (κ2) is 10.7. The maximum atomic E-state index is 12.2. The monoisotopic (exact) mass is 402 g/mol. The van der Waals surface area contributed by atoms with Gasteiger partial charge in [-0.2, -0.15) is 0 Å². The van der Waals surface area contributed by atoms with Crippen molar-refractivity contribution in [2.75, 3.05) is 24.5 Å². The van der Waals surface area contributed by atoms with Crippen LogP contribution in [0.3, 0.4) is 0 Å². The molecular weight excluding hydrogens is 376 g/mol. The zero-order chi connectivity index (χ0) is 20.5. The van der Waals surface area contributed by atoms with Crippen LogP contribution >= 0.6 is 11.6 Å². The average Bonchev–Trinajstić information content (AvgIpc) is 2.71. The molecule has 0 saturated carbocycles. The average molecular weight is 403 g/mol. The van der Waals surface area contributed by atoms with Crippen LogP contribution in [0, 0.1) is 0 Å². The van der Waals surface area contributed by atoms with Crippen LogP contribution < -0.4 is 21.1 Å². The Hall–Kier alpha value is -2.57. The molecule has 0 spiro atoms. The number of carbonyl (C=O) groups excluding carboxylic acids is 2. The van der Waals surface area contributed by atoms with E-state index in [9.17, 15) is 9.59 Å². The number of anilines is 1. The highest BCUT2D eigenvalue weighted by molar-refractivity contribution is 6.30. The molecule has 2 amide bonds. The van der Waals surface area contributed by atoms with Gasteiger partial charge in [0.15, 0.2) is 0 Å². The lowest BCUT2D eigenvalue weighted by molar-refractivity contribution is -0.121. The summed E-state index contributed by atoms with van der Waals surface area (Å²) >= 11 is 5.98. The summed E-state index contributed by atoms with van der Waals surface area (Å²) in [5.41, 5.74) is 7.38. The predicted octanol–water partition coefficient (Wildman–Crippen LogP) is 3.30. The Morgan fingerprint density at radius 3 is 2.32 bits per heavy atom. The number of nitrogens with one attached hydrogen (secondary N) is 3. The minimum Gasteiger partial charge on any atom is -0.372 e. The molecule has 0 saturated heterocycles. The van der Waals surface area contributed by atoms with E-state index in [0.717, 1.165) is 24.3 Å². The van der Waals surface area contributed by atoms with Crippen molar-refractivity contribution in [1.82, 2.24) is 16.2 Å². The van der Waals surface area contributed by atoms with Gasteiger partial charge in [-0.25, -0.2) is 0 Å². The van der Waals surface area contributed by atoms with Crippen LogP contribution in [0.4, 0.5) is 5.69 Å². The van der Waals surface area contributed by atoms with Crippen LogP contribution in [0.25, 0.3) is 0 Å². The summed E-state index contributed by atoms with van der Waals surface area (Å²) in [6.45, 7) is 7.98. The summed E-state index contributed by atoms with van der Waals surface area (Å²) in [5, 5.41) is 3.74. The first-order chi connectivity index (χ1) is 13.4. The van der Waals surface area contributed by atoms with Crippen molar-refractivity contribution in [1.29, 1.82) is 0 Å². The smallest absolute Gasteiger partial charge is 0.269 e. The van der Waals surface area contributed by atoms with Crippen molar-refractivity contribution < 1.29 is 9.59 Å². The van der Waals surface area contributed by atoms with Gasteiger partial charge in [0.25, 0.3) is 11.8 Å². The van der Waals surface area contributed by atoms with E-state index in [1.54, 1.807) is 18.2 Å². The maximum Gasteiger partial charge on any atom is 0.269 e. The van der Waals surface area contributed by atoms with E-state index in [4.69, 9.17) is 11.6 Å². The van der Waals surface area contributed by atoms with Gasteiger partial charge >= 0.3 is 0 Å². The van der Waals surface area contributed by atoms with Crippen LogP contribution in [0.15, 0.2) is 48.5 Å². The molecular formula is C21H27ClN4O2. The highest BCUT2D eigenvalue weighted by atomic mass is 35.5. The van der Waals surface area contributed by atoms with Gasteiger partial charge in [0.1, 0.15) is 0 Å². The molecule has 2 aromatic carbocycles. The van der Waals surface area contributed by atoms with Gasteiger partial charge in [0, 0.05) is 35.4 Å². The molecule has 0 aromatic heterocycles. The maximum absolute atomic E-state index is 12.2. The standard InChI is InChI=1S/C21H27ClN4O2/c1-4-26(5-2)19-11-9-16(10-12-19)21(28)25-24-20(27)14-23-15(3)17-7-6-8-18(22)13-17/h6-13,15,23H,4-5,14H2,1-3H3,(H,24,27)(H,25,28)/t15-/m0/s1. The van der Waals surface area contributed by atoms with Crippen molar-refractivity contribution in [3.63, 3.8) is 0 Å². The first-order valence-electron chi connectivity index (χ1n) is 9.37. The minimum absolute atomic E-state index is 0.0484. The second-order valence-corrected chi connectivity index (χ2v) is 6.82. The lowest BCUT2D eigenvalue weighted by Gasteiger charge is -2.21. The van der Waals surface area contributed by atoms with Gasteiger partial charge in [-0.3, -0.25) is 20.4 Å². The SMILES string of the molecule is CCN(CC)c1ccc(C(=O)NNC(=O)CN[C@@H](C)c2cccc(Cl)c2)cc1. The summed E-state index contributed by atoms with van der Waals surface area (Å²) in [6, 6.07) is 14.7. The van der Waals surface area contributed by atoms with Gasteiger partial charge in [0.05, 0.1) is 6.54 Å². The molecule has 2 rings (SSSR count). The lowest BCUT2D eigenvalue weighted by Crippen LogP contribution is -2.45. The van der Waals surface area contributed by atoms with E-state index < -0.39 is 0 Å². The zero-order valence-corrected chi connectivity index (χ0v) is 17.2. The Balaban J connectivity index is 1.79. The first kappa shape index (κ1) is 21.7. The van der Waals surface area contributed by atoms with Gasteiger partial charge in [-0.1, -0.05) is 23.7 Å². The fourth-order valence-corrected chi connectivity index (χ4v) is 2.99. The molecule has 0 unspecified atom stereocenters. The third kappa shape index (κ3) is 6.25. The van der Waals surface area contributed by atoms with Crippen LogP contribution in [-0.4, -0.2) is 31.4 Å². The Kier molecular flexibility index (Phi) is 8.29. The fourth-order valence-electron chi connectivity index (χ4n) is 2.79. The molecule has 1 atom stereocenters. The summed E-state index contributed by atoms with van der Waals surface area (Å²) in [4.78, 5) is 26.4. The molecule has 0 radical (unpaired) electrons. The topological polar surface area (TPSA) is 73.5 Å². The molecule has 150 valence electrons. The van der Waals surface area contributed by atoms with Crippen molar-refractivity contribution in [2.45, 2.75) is 26.8 Å². The highest BCUT2D eigenvalue weighted by Gasteiger charge is 2.11. The Labute approximate surface area is 171 Å². The number of amides is 2. The number of hydrogen-bond donors (Lipinski definition) is 3. The molecule has 0 heterocycles. The number of carbonyl (C=O) groups is 2. The van der Waals surface area contributed by atoms with Gasteiger partial charge in [-0.05, 0) is 62.7 Å². The van der Waals surface area contributed by atoms with Gasteiger partial charge in [0.2, 0.25) is 0 Å². The van der Waals surface area contributed by atoms with E-state index in [0.29, 0.717) is 10.6 Å². The van der Waals surface area contributed by atoms with Crippen LogP contribution in [0.5, 0.6) is 0 Å². The number of hydrogen-bond acceptors (Lipinski definition) is 4. The summed E-state index contributed by atoms with van der Waals surface area (Å²) < 4.78 is 0. The van der Waals surface area contributed by atoms with Crippen molar-refractivity contribution in [3.05, 3.63) is 64.7 Å². The summed E-state index contributed by atoms with van der Waals surface area (Å²) in [6.07, 6.45) is 0. The molecule has 0 fully saturated rings. The molecule has 0 aliphatic rings. The van der Waals surface area contributed by atoms with E-state index >= 15 is 0 Å². The number of rotatable bonds is 8. The summed E-state index contributed by atoms with van der Waals surface area (Å²) in [5.74, 6) is -0.690. The summed E-state index contributed by atoms with van der Waals surface area (Å²) in [7, 11) is 0. The van der Waals surface area contributed by atoms with Crippen molar-refractivity contribution in [3.8, 4) is 0 Å². The Bertz CT molecular complexity index is 791. The molecule has 0 aliphatic heterocycles. The van der Waals surface area contributed by atoms with Crippen molar-refractivity contribution >= 4 is 29.1 Å². The van der Waals surface area contributed by atoms with Crippen LogP contribution in [0.2, 0.25) is 5.02 Å². The Morgan fingerprint density at radius 1 is 1.04 bits per heavy atom. The molecule has 0 aliphatic carbocycles. The fraction of sp³-hybridized carbons (Fsp3) is 0.333. The van der Waals surface area contributed by atoms with Crippen LogP contribution in [-0.2, 0) is 4.79 Å². The molecule has 0 bridgehead atoms. The molecule has 3 N–H and O–H groups in total. The lowest BCUT2D eigenvalue weighted by atomic mass is 10.1. The van der Waals surface area contributed by atoms with Crippen LogP contribution in [0.1, 0.15) is 42.7 Å². The van der Waals surface area contributed by atoms with E-state index in [-0.39, 0.29) is 24.4 Å². The third-order valence-corrected chi connectivity index (χ3v) is 4.73. The Morgan fingerprint density at radius 2 is 1.71 bits per heavy atom. The quantitative estimate of drug-likeness (QED) is 0.592. The largest absolute Gasteiger partial charge is 0.372 e. The third-order valence-electron chi connectivity index (χ3n) is 4.49. The second-order valence-electron chi connectivity index (χ2n) is 6.38.